The van der Waals surface area contributed by atoms with E-state index in [1.807, 2.05) is 44.2 Å². The van der Waals surface area contributed by atoms with Crippen LogP contribution in [0.2, 0.25) is 0 Å². The van der Waals surface area contributed by atoms with Gasteiger partial charge in [-0.25, -0.2) is 0 Å². The number of aryl methyl sites for hydroxylation is 3. The first kappa shape index (κ1) is 27.8. The van der Waals surface area contributed by atoms with Gasteiger partial charge in [0.2, 0.25) is 0 Å². The summed E-state index contributed by atoms with van der Waals surface area (Å²) in [7, 11) is 0. The van der Waals surface area contributed by atoms with Gasteiger partial charge in [-0.1, -0.05) is 48.6 Å². The van der Waals surface area contributed by atoms with E-state index in [9.17, 15) is 5.11 Å². The minimum Gasteiger partial charge on any atom is -0.508 e. The number of nitrogen functional groups attached to an aromatic ring is 1. The van der Waals surface area contributed by atoms with Gasteiger partial charge in [0.15, 0.2) is 0 Å². The Morgan fingerprint density at radius 3 is 2.20 bits per heavy atom. The summed E-state index contributed by atoms with van der Waals surface area (Å²) in [5.41, 5.74) is 19.3. The standard InChI is InChI=1S/C32H42N2O/c1-20(2)29(31-22(4)14-15-23(5)32(31)33)16-17-34-27(9)26(8)24(6)18-25(7)30(35)19-28-13-11-10-12-21(28)3/h10-15,18-19,34-35H,6,16-17,33H2,1-5,7-9H3/b25-18+,27-26+,30-19-. The molecule has 2 aromatic rings. The van der Waals surface area contributed by atoms with Crippen molar-refractivity contribution >= 4 is 17.3 Å². The van der Waals surface area contributed by atoms with Gasteiger partial charge < -0.3 is 16.2 Å². The maximum Gasteiger partial charge on any atom is 0.119 e. The van der Waals surface area contributed by atoms with Gasteiger partial charge in [-0.2, -0.15) is 0 Å². The average molecular weight is 471 g/mol. The van der Waals surface area contributed by atoms with Gasteiger partial charge in [0, 0.05) is 23.5 Å². The summed E-state index contributed by atoms with van der Waals surface area (Å²) < 4.78 is 0. The van der Waals surface area contributed by atoms with Crippen LogP contribution < -0.4 is 11.1 Å². The fourth-order valence-corrected chi connectivity index (χ4v) is 4.06. The van der Waals surface area contributed by atoms with E-state index in [-0.39, 0.29) is 5.76 Å². The van der Waals surface area contributed by atoms with Crippen molar-refractivity contribution in [3.05, 3.63) is 111 Å². The minimum atomic E-state index is 0.248. The Hall–Kier alpha value is -3.46. The van der Waals surface area contributed by atoms with Gasteiger partial charge in [0.05, 0.1) is 0 Å². The number of nitrogens with one attached hydrogen (secondary N) is 1. The molecule has 0 spiro atoms. The van der Waals surface area contributed by atoms with Gasteiger partial charge in [-0.15, -0.1) is 0 Å². The van der Waals surface area contributed by atoms with Crippen LogP contribution in [0.5, 0.6) is 0 Å². The lowest BCUT2D eigenvalue weighted by molar-refractivity contribution is 0.428. The Labute approximate surface area is 212 Å². The van der Waals surface area contributed by atoms with E-state index < -0.39 is 0 Å². The highest BCUT2D eigenvalue weighted by Gasteiger charge is 2.13. The highest BCUT2D eigenvalue weighted by Crippen LogP contribution is 2.32. The summed E-state index contributed by atoms with van der Waals surface area (Å²) in [4.78, 5) is 0. The molecule has 0 atom stereocenters. The van der Waals surface area contributed by atoms with E-state index in [1.54, 1.807) is 6.08 Å². The van der Waals surface area contributed by atoms with Crippen LogP contribution in [0, 0.1) is 20.8 Å². The first-order valence-corrected chi connectivity index (χ1v) is 12.2. The molecule has 0 aliphatic heterocycles. The van der Waals surface area contributed by atoms with Crippen LogP contribution in [0.1, 0.15) is 68.9 Å². The summed E-state index contributed by atoms with van der Waals surface area (Å²) in [6.07, 6.45) is 4.62. The van der Waals surface area contributed by atoms with E-state index >= 15 is 0 Å². The van der Waals surface area contributed by atoms with Crippen molar-refractivity contribution in [1.82, 2.24) is 5.32 Å². The van der Waals surface area contributed by atoms with E-state index in [0.29, 0.717) is 0 Å². The lowest BCUT2D eigenvalue weighted by Crippen LogP contribution is -2.16. The minimum absolute atomic E-state index is 0.248. The second-order valence-corrected chi connectivity index (χ2v) is 9.63. The molecule has 0 radical (unpaired) electrons. The van der Waals surface area contributed by atoms with Gasteiger partial charge in [-0.3, -0.25) is 0 Å². The normalized spacial score (nSPS) is 12.8. The Morgan fingerprint density at radius 2 is 1.57 bits per heavy atom. The first-order chi connectivity index (χ1) is 16.4. The number of rotatable bonds is 9. The molecule has 0 aliphatic carbocycles. The molecule has 0 saturated carbocycles. The lowest BCUT2D eigenvalue weighted by Gasteiger charge is -2.19. The number of aliphatic hydroxyl groups is 1. The summed E-state index contributed by atoms with van der Waals surface area (Å²) in [5.74, 6) is 0.248. The predicted molar refractivity (Wildman–Crippen MR) is 154 cm³/mol. The molecule has 3 nitrogen and oxygen atoms in total. The molecule has 4 N–H and O–H groups in total. The number of benzene rings is 2. The van der Waals surface area contributed by atoms with Gasteiger partial charge in [0.1, 0.15) is 5.76 Å². The van der Waals surface area contributed by atoms with Crippen molar-refractivity contribution in [2.45, 2.75) is 61.8 Å². The van der Waals surface area contributed by atoms with Crippen LogP contribution in [0.15, 0.2) is 82.8 Å². The second-order valence-electron chi connectivity index (χ2n) is 9.63. The molecule has 0 saturated heterocycles. The molecule has 0 fully saturated rings. The second kappa shape index (κ2) is 12.3. The van der Waals surface area contributed by atoms with Gasteiger partial charge in [-0.05, 0) is 119 Å². The maximum atomic E-state index is 10.6. The van der Waals surface area contributed by atoms with Crippen LogP contribution in [0.3, 0.4) is 0 Å². The molecule has 0 amide bonds. The number of nitrogens with two attached hydrogens (primary N) is 1. The molecule has 2 aromatic carbocycles. The Bertz CT molecular complexity index is 1220. The quantitative estimate of drug-likeness (QED) is 0.196. The van der Waals surface area contributed by atoms with E-state index in [0.717, 1.165) is 57.8 Å². The Morgan fingerprint density at radius 1 is 0.943 bits per heavy atom. The molecular weight excluding hydrogens is 428 g/mol. The van der Waals surface area contributed by atoms with E-state index in [1.165, 1.54) is 22.3 Å². The third kappa shape index (κ3) is 7.26. The zero-order chi connectivity index (χ0) is 26.3. The largest absolute Gasteiger partial charge is 0.508 e. The Balaban J connectivity index is 2.13. The molecule has 186 valence electrons. The summed E-state index contributed by atoms with van der Waals surface area (Å²) >= 11 is 0. The first-order valence-electron chi connectivity index (χ1n) is 12.2. The predicted octanol–water partition coefficient (Wildman–Crippen LogP) is 8.36. The zero-order valence-electron chi connectivity index (χ0n) is 22.8. The summed E-state index contributed by atoms with van der Waals surface area (Å²) in [5, 5.41) is 14.2. The van der Waals surface area contributed by atoms with Crippen molar-refractivity contribution in [3.8, 4) is 0 Å². The van der Waals surface area contributed by atoms with Crippen LogP contribution in [0.25, 0.3) is 11.6 Å². The topological polar surface area (TPSA) is 58.3 Å². The zero-order valence-corrected chi connectivity index (χ0v) is 22.8. The van der Waals surface area contributed by atoms with Crippen molar-refractivity contribution in [2.24, 2.45) is 0 Å². The molecule has 0 heterocycles. The van der Waals surface area contributed by atoms with Gasteiger partial charge >= 0.3 is 0 Å². The molecule has 0 bridgehead atoms. The number of anilines is 1. The number of hydrogen-bond donors (Lipinski definition) is 3. The Kier molecular flexibility index (Phi) is 9.77. The fraction of sp³-hybridized carbons (Fsp3) is 0.312. The number of aliphatic hydroxyl groups excluding tert-OH is 1. The molecule has 0 unspecified atom stereocenters. The van der Waals surface area contributed by atoms with Crippen molar-refractivity contribution in [3.63, 3.8) is 0 Å². The lowest BCUT2D eigenvalue weighted by atomic mass is 9.91. The van der Waals surface area contributed by atoms with E-state index in [2.05, 4.69) is 65.6 Å². The maximum absolute atomic E-state index is 10.6. The third-order valence-corrected chi connectivity index (χ3v) is 6.66. The SMILES string of the molecule is C=C(/C=C(C)/C(O)=C/c1ccccc1C)/C(C)=C(\C)NCCC(=C(C)C)c1c(C)ccc(C)c1N. The smallest absolute Gasteiger partial charge is 0.119 e. The third-order valence-electron chi connectivity index (χ3n) is 6.66. The highest BCUT2D eigenvalue weighted by molar-refractivity contribution is 5.80. The number of allylic oxidation sites excluding steroid dienone is 6. The average Bonchev–Trinajstić information content (AvgIpc) is 2.81. The summed E-state index contributed by atoms with van der Waals surface area (Å²) in [6.45, 7) is 21.6. The van der Waals surface area contributed by atoms with Crippen molar-refractivity contribution in [1.29, 1.82) is 0 Å². The molecule has 0 aliphatic rings. The summed E-state index contributed by atoms with van der Waals surface area (Å²) in [6, 6.07) is 12.2. The molecule has 0 aromatic heterocycles. The molecular formula is C32H42N2O. The van der Waals surface area contributed by atoms with Crippen LogP contribution in [0.4, 0.5) is 5.69 Å². The van der Waals surface area contributed by atoms with E-state index in [4.69, 9.17) is 5.73 Å². The molecule has 35 heavy (non-hydrogen) atoms. The van der Waals surface area contributed by atoms with Gasteiger partial charge in [0.25, 0.3) is 0 Å². The monoisotopic (exact) mass is 470 g/mol. The van der Waals surface area contributed by atoms with Crippen molar-refractivity contribution in [2.75, 3.05) is 12.3 Å². The molecule has 3 heteroatoms. The highest BCUT2D eigenvalue weighted by atomic mass is 16.3. The van der Waals surface area contributed by atoms with Crippen LogP contribution in [-0.2, 0) is 0 Å². The fourth-order valence-electron chi connectivity index (χ4n) is 4.06. The van der Waals surface area contributed by atoms with Crippen LogP contribution in [-0.4, -0.2) is 11.7 Å². The van der Waals surface area contributed by atoms with Crippen molar-refractivity contribution < 1.29 is 5.11 Å². The number of hydrogen-bond acceptors (Lipinski definition) is 3. The molecule has 2 rings (SSSR count). The van der Waals surface area contributed by atoms with Crippen LogP contribution >= 0.6 is 0 Å².